The molecule has 28 heavy (non-hydrogen) atoms. The van der Waals surface area contributed by atoms with Crippen LogP contribution in [0.1, 0.15) is 23.7 Å². The number of hydrazone groups is 1. The van der Waals surface area contributed by atoms with Gasteiger partial charge in [0.1, 0.15) is 0 Å². The molecule has 0 aliphatic carbocycles. The van der Waals surface area contributed by atoms with Crippen LogP contribution in [0.25, 0.3) is 11.0 Å². The average molecular weight is 378 g/mol. The molecule has 8 nitrogen and oxygen atoms in total. The number of hydrogen-bond donors (Lipinski definition) is 2. The molecule has 142 valence electrons. The molecule has 0 saturated carbocycles. The van der Waals surface area contributed by atoms with Gasteiger partial charge in [0, 0.05) is 5.56 Å². The molecular formula is C20H18N4O4. The second kappa shape index (κ2) is 8.72. The monoisotopic (exact) mass is 378 g/mol. The van der Waals surface area contributed by atoms with Crippen molar-refractivity contribution in [2.45, 2.75) is 13.3 Å². The molecule has 0 radical (unpaired) electrons. The van der Waals surface area contributed by atoms with Gasteiger partial charge in [-0.25, -0.2) is 9.78 Å². The number of benzene rings is 2. The summed E-state index contributed by atoms with van der Waals surface area (Å²) in [6, 6.07) is 15.5. The summed E-state index contributed by atoms with van der Waals surface area (Å²) in [6.45, 7) is 1.78. The van der Waals surface area contributed by atoms with Crippen molar-refractivity contribution in [2.24, 2.45) is 5.10 Å². The summed E-state index contributed by atoms with van der Waals surface area (Å²) < 4.78 is 4.96. The van der Waals surface area contributed by atoms with Gasteiger partial charge in [0.2, 0.25) is 5.82 Å². The largest absolute Gasteiger partial charge is 0.461 e. The Hall–Kier alpha value is -3.81. The molecule has 2 N–H and O–H groups in total. The number of fused-ring (bicyclic) bond motifs is 1. The summed E-state index contributed by atoms with van der Waals surface area (Å²) in [6.07, 6.45) is -0.276. The first-order valence-corrected chi connectivity index (χ1v) is 8.65. The van der Waals surface area contributed by atoms with Crippen LogP contribution in [0.4, 0.5) is 5.82 Å². The number of Topliss-reactive ketones (excluding diaryl/α,β-unsaturated/α-hetero) is 1. The number of hydrogen-bond acceptors (Lipinski definition) is 7. The number of nitrogens with zero attached hydrogens (tertiary/aromatic N) is 2. The summed E-state index contributed by atoms with van der Waals surface area (Å²) >= 11 is 0. The van der Waals surface area contributed by atoms with Gasteiger partial charge in [-0.3, -0.25) is 15.0 Å². The molecule has 1 aromatic heterocycles. The number of esters is 1. The summed E-state index contributed by atoms with van der Waals surface area (Å²) in [7, 11) is 0. The van der Waals surface area contributed by atoms with Crippen molar-refractivity contribution in [3.63, 3.8) is 0 Å². The van der Waals surface area contributed by atoms with Crippen LogP contribution in [0.3, 0.4) is 0 Å². The molecule has 1 heterocycles. The average Bonchev–Trinajstić information content (AvgIpc) is 2.71. The first-order valence-electron chi connectivity index (χ1n) is 8.65. The lowest BCUT2D eigenvalue weighted by Crippen LogP contribution is -2.23. The third-order valence-corrected chi connectivity index (χ3v) is 3.83. The zero-order valence-electron chi connectivity index (χ0n) is 15.1. The molecular weight excluding hydrogens is 360 g/mol. The SMILES string of the molecule is CCOC(=O)/C(CC(=O)c1ccccc1)=N\Nc1nc2ccccc2[nH]c1=O. The molecule has 0 spiro atoms. The van der Waals surface area contributed by atoms with Crippen molar-refractivity contribution >= 4 is 34.3 Å². The van der Waals surface area contributed by atoms with Crippen molar-refractivity contribution in [1.29, 1.82) is 0 Å². The van der Waals surface area contributed by atoms with E-state index in [1.165, 1.54) is 0 Å². The Labute approximate surface area is 160 Å². The van der Waals surface area contributed by atoms with Gasteiger partial charge in [-0.1, -0.05) is 42.5 Å². The van der Waals surface area contributed by atoms with E-state index in [1.54, 1.807) is 61.5 Å². The Morgan fingerprint density at radius 2 is 1.82 bits per heavy atom. The highest BCUT2D eigenvalue weighted by Gasteiger charge is 2.19. The van der Waals surface area contributed by atoms with E-state index < -0.39 is 11.5 Å². The Morgan fingerprint density at radius 3 is 2.57 bits per heavy atom. The quantitative estimate of drug-likeness (QED) is 0.283. The fraction of sp³-hybridized carbons (Fsp3) is 0.150. The summed E-state index contributed by atoms with van der Waals surface area (Å²) in [5, 5.41) is 3.93. The number of rotatable bonds is 7. The minimum absolute atomic E-state index is 0.0901. The summed E-state index contributed by atoms with van der Waals surface area (Å²) in [4.78, 5) is 43.6. The molecule has 0 saturated heterocycles. The fourth-order valence-electron chi connectivity index (χ4n) is 2.48. The highest BCUT2D eigenvalue weighted by molar-refractivity contribution is 6.40. The van der Waals surface area contributed by atoms with Crippen LogP contribution < -0.4 is 11.0 Å². The van der Waals surface area contributed by atoms with Gasteiger partial charge < -0.3 is 9.72 Å². The first kappa shape index (κ1) is 19.0. The van der Waals surface area contributed by atoms with Crippen molar-refractivity contribution in [3.05, 3.63) is 70.5 Å². The molecule has 0 fully saturated rings. The van der Waals surface area contributed by atoms with Crippen LogP contribution in [0.5, 0.6) is 0 Å². The maximum atomic E-state index is 12.4. The van der Waals surface area contributed by atoms with Crippen molar-refractivity contribution in [3.8, 4) is 0 Å². The second-order valence-corrected chi connectivity index (χ2v) is 5.79. The smallest absolute Gasteiger partial charge is 0.354 e. The maximum Gasteiger partial charge on any atom is 0.354 e. The van der Waals surface area contributed by atoms with Gasteiger partial charge in [0.25, 0.3) is 5.56 Å². The number of H-pyrrole nitrogens is 1. The van der Waals surface area contributed by atoms with E-state index in [0.717, 1.165) is 0 Å². The molecule has 0 aliphatic rings. The van der Waals surface area contributed by atoms with E-state index >= 15 is 0 Å². The second-order valence-electron chi connectivity index (χ2n) is 5.79. The first-order chi connectivity index (χ1) is 13.6. The molecule has 0 aliphatic heterocycles. The Balaban J connectivity index is 1.87. The number of ether oxygens (including phenoxy) is 1. The van der Waals surface area contributed by atoms with E-state index in [-0.39, 0.29) is 30.3 Å². The zero-order valence-corrected chi connectivity index (χ0v) is 15.1. The molecule has 8 heteroatoms. The Bertz CT molecular complexity index is 1090. The van der Waals surface area contributed by atoms with E-state index in [1.807, 2.05) is 0 Å². The minimum Gasteiger partial charge on any atom is -0.461 e. The van der Waals surface area contributed by atoms with Crippen LogP contribution >= 0.6 is 0 Å². The highest BCUT2D eigenvalue weighted by atomic mass is 16.5. The normalized spacial score (nSPS) is 11.2. The predicted molar refractivity (Wildman–Crippen MR) is 105 cm³/mol. The number of aromatic amines is 1. The van der Waals surface area contributed by atoms with E-state index in [4.69, 9.17) is 4.74 Å². The minimum atomic E-state index is -0.739. The Morgan fingerprint density at radius 1 is 1.11 bits per heavy atom. The maximum absolute atomic E-state index is 12.4. The lowest BCUT2D eigenvalue weighted by molar-refractivity contribution is -0.135. The molecule has 0 unspecified atom stereocenters. The van der Waals surface area contributed by atoms with Crippen LogP contribution in [0.2, 0.25) is 0 Å². The Kier molecular flexibility index (Phi) is 5.91. The molecule has 3 aromatic rings. The van der Waals surface area contributed by atoms with Gasteiger partial charge in [0.05, 0.1) is 24.1 Å². The van der Waals surface area contributed by atoms with E-state index in [9.17, 15) is 14.4 Å². The van der Waals surface area contributed by atoms with Crippen LogP contribution in [0.15, 0.2) is 64.5 Å². The zero-order chi connectivity index (χ0) is 19.9. The van der Waals surface area contributed by atoms with Gasteiger partial charge in [-0.05, 0) is 19.1 Å². The van der Waals surface area contributed by atoms with E-state index in [2.05, 4.69) is 20.5 Å². The van der Waals surface area contributed by atoms with Crippen LogP contribution in [0, 0.1) is 0 Å². The van der Waals surface area contributed by atoms with Gasteiger partial charge in [-0.15, -0.1) is 0 Å². The standard InChI is InChI=1S/C20H18N4O4/c1-2-28-20(27)16(12-17(25)13-8-4-3-5-9-13)23-24-18-19(26)22-15-11-7-6-10-14(15)21-18/h3-11H,2,12H2,1H3,(H,21,24)(H,22,26)/b23-16-. The molecule has 0 atom stereocenters. The van der Waals surface area contributed by atoms with E-state index in [0.29, 0.717) is 16.6 Å². The number of para-hydroxylation sites is 2. The topological polar surface area (TPSA) is 114 Å². The number of nitrogens with one attached hydrogen (secondary N) is 2. The molecule has 0 amide bonds. The fourth-order valence-corrected chi connectivity index (χ4v) is 2.48. The van der Waals surface area contributed by atoms with Crippen molar-refractivity contribution in [1.82, 2.24) is 9.97 Å². The number of carbonyl (C=O) groups is 2. The third kappa shape index (κ3) is 4.47. The van der Waals surface area contributed by atoms with Gasteiger partial charge in [0.15, 0.2) is 11.5 Å². The molecule has 3 rings (SSSR count). The van der Waals surface area contributed by atoms with Crippen LogP contribution in [-0.2, 0) is 9.53 Å². The third-order valence-electron chi connectivity index (χ3n) is 3.83. The predicted octanol–water partition coefficient (Wildman–Crippen LogP) is 2.53. The number of anilines is 1. The number of carbonyl (C=O) groups excluding carboxylic acids is 2. The van der Waals surface area contributed by atoms with Gasteiger partial charge in [-0.2, -0.15) is 5.10 Å². The number of ketones is 1. The van der Waals surface area contributed by atoms with Crippen molar-refractivity contribution in [2.75, 3.05) is 12.0 Å². The summed E-state index contributed by atoms with van der Waals surface area (Å²) in [5.74, 6) is -1.13. The molecule has 0 bridgehead atoms. The summed E-state index contributed by atoms with van der Waals surface area (Å²) in [5.41, 5.74) is 3.41. The lowest BCUT2D eigenvalue weighted by atomic mass is 10.1. The van der Waals surface area contributed by atoms with Gasteiger partial charge >= 0.3 is 5.97 Å². The molecule has 2 aromatic carbocycles. The van der Waals surface area contributed by atoms with Crippen molar-refractivity contribution < 1.29 is 14.3 Å². The lowest BCUT2D eigenvalue weighted by Gasteiger charge is -2.07. The van der Waals surface area contributed by atoms with Crippen LogP contribution in [-0.4, -0.2) is 34.0 Å². The highest BCUT2D eigenvalue weighted by Crippen LogP contribution is 2.09. The number of aromatic nitrogens is 2.